The lowest BCUT2D eigenvalue weighted by Gasteiger charge is -2.35. The number of hydrogen-bond acceptors (Lipinski definition) is 5. The molecule has 1 aliphatic rings. The van der Waals surface area contributed by atoms with Gasteiger partial charge in [-0.3, -0.25) is 0 Å². The average molecular weight is 246 g/mol. The highest BCUT2D eigenvalue weighted by molar-refractivity contribution is 5.50. The van der Waals surface area contributed by atoms with E-state index in [9.17, 15) is 5.11 Å². The molecule has 0 unspecified atom stereocenters. The van der Waals surface area contributed by atoms with Crippen molar-refractivity contribution in [2.24, 2.45) is 5.41 Å². The molecule has 0 atom stereocenters. The standard InChI is InChI=1S/C13H18N4O/c14-8-11-4-7-16-17-12(11)15-9-13(10-18)5-2-1-3-6-13/h4,7,18H,1-3,5-6,9-10H2,(H,15,17). The van der Waals surface area contributed by atoms with Crippen molar-refractivity contribution < 1.29 is 5.11 Å². The van der Waals surface area contributed by atoms with E-state index in [1.54, 1.807) is 6.07 Å². The predicted molar refractivity (Wildman–Crippen MR) is 67.8 cm³/mol. The molecule has 2 N–H and O–H groups in total. The fourth-order valence-corrected chi connectivity index (χ4v) is 2.52. The summed E-state index contributed by atoms with van der Waals surface area (Å²) in [6.07, 6.45) is 7.13. The molecule has 1 heterocycles. The Morgan fingerprint density at radius 2 is 2.17 bits per heavy atom. The third kappa shape index (κ3) is 2.77. The van der Waals surface area contributed by atoms with Crippen molar-refractivity contribution in [3.8, 4) is 6.07 Å². The van der Waals surface area contributed by atoms with Crippen molar-refractivity contribution in [2.45, 2.75) is 32.1 Å². The second-order valence-electron chi connectivity index (χ2n) is 4.98. The number of aromatic nitrogens is 2. The summed E-state index contributed by atoms with van der Waals surface area (Å²) in [5.41, 5.74) is 0.427. The van der Waals surface area contributed by atoms with E-state index in [1.807, 2.05) is 0 Å². The van der Waals surface area contributed by atoms with E-state index in [0.29, 0.717) is 17.9 Å². The summed E-state index contributed by atoms with van der Waals surface area (Å²) >= 11 is 0. The van der Waals surface area contributed by atoms with Crippen molar-refractivity contribution >= 4 is 5.82 Å². The number of anilines is 1. The van der Waals surface area contributed by atoms with Gasteiger partial charge in [-0.15, -0.1) is 5.10 Å². The Kier molecular flexibility index (Phi) is 4.11. The van der Waals surface area contributed by atoms with Gasteiger partial charge in [0.25, 0.3) is 0 Å². The Morgan fingerprint density at radius 1 is 1.39 bits per heavy atom. The maximum Gasteiger partial charge on any atom is 0.166 e. The smallest absolute Gasteiger partial charge is 0.166 e. The molecule has 1 aliphatic carbocycles. The number of nitrogens with zero attached hydrogens (tertiary/aromatic N) is 3. The zero-order chi connectivity index (χ0) is 12.8. The number of aliphatic hydroxyl groups excluding tert-OH is 1. The van der Waals surface area contributed by atoms with E-state index >= 15 is 0 Å². The Hall–Kier alpha value is -1.67. The first-order chi connectivity index (χ1) is 8.79. The lowest BCUT2D eigenvalue weighted by Crippen LogP contribution is -2.35. The molecule has 2 rings (SSSR count). The highest BCUT2D eigenvalue weighted by atomic mass is 16.3. The molecule has 5 heteroatoms. The topological polar surface area (TPSA) is 81.8 Å². The third-order valence-electron chi connectivity index (χ3n) is 3.72. The van der Waals surface area contributed by atoms with Crippen molar-refractivity contribution in [1.29, 1.82) is 5.26 Å². The maximum absolute atomic E-state index is 9.61. The molecular formula is C13H18N4O. The van der Waals surface area contributed by atoms with Gasteiger partial charge in [0.05, 0.1) is 18.4 Å². The van der Waals surface area contributed by atoms with Gasteiger partial charge in [0, 0.05) is 12.0 Å². The quantitative estimate of drug-likeness (QED) is 0.845. The number of hydrogen-bond donors (Lipinski definition) is 2. The fourth-order valence-electron chi connectivity index (χ4n) is 2.52. The highest BCUT2D eigenvalue weighted by Crippen LogP contribution is 2.35. The monoisotopic (exact) mass is 246 g/mol. The van der Waals surface area contributed by atoms with Crippen LogP contribution in [0.2, 0.25) is 0 Å². The Balaban J connectivity index is 2.03. The van der Waals surface area contributed by atoms with Crippen molar-refractivity contribution in [2.75, 3.05) is 18.5 Å². The van der Waals surface area contributed by atoms with Gasteiger partial charge in [-0.2, -0.15) is 10.4 Å². The second-order valence-corrected chi connectivity index (χ2v) is 4.98. The van der Waals surface area contributed by atoms with Crippen LogP contribution in [0, 0.1) is 16.7 Å². The van der Waals surface area contributed by atoms with Gasteiger partial charge in [-0.1, -0.05) is 19.3 Å². The summed E-state index contributed by atoms with van der Waals surface area (Å²) in [6, 6.07) is 3.73. The molecule has 0 aliphatic heterocycles. The van der Waals surface area contributed by atoms with E-state index in [0.717, 1.165) is 25.7 Å². The first kappa shape index (κ1) is 12.8. The van der Waals surface area contributed by atoms with Crippen molar-refractivity contribution in [1.82, 2.24) is 10.2 Å². The molecule has 0 bridgehead atoms. The van der Waals surface area contributed by atoms with E-state index < -0.39 is 0 Å². The zero-order valence-corrected chi connectivity index (χ0v) is 10.4. The van der Waals surface area contributed by atoms with Gasteiger partial charge in [-0.05, 0) is 18.9 Å². The molecule has 0 radical (unpaired) electrons. The van der Waals surface area contributed by atoms with Gasteiger partial charge < -0.3 is 10.4 Å². The van der Waals surface area contributed by atoms with Gasteiger partial charge in [0.2, 0.25) is 0 Å². The molecule has 96 valence electrons. The minimum atomic E-state index is -0.0670. The molecular weight excluding hydrogens is 228 g/mol. The molecule has 1 aromatic heterocycles. The molecule has 5 nitrogen and oxygen atoms in total. The zero-order valence-electron chi connectivity index (χ0n) is 10.4. The van der Waals surface area contributed by atoms with E-state index in [2.05, 4.69) is 21.6 Å². The minimum absolute atomic E-state index is 0.0670. The van der Waals surface area contributed by atoms with E-state index in [-0.39, 0.29) is 12.0 Å². The first-order valence-electron chi connectivity index (χ1n) is 6.36. The lowest BCUT2D eigenvalue weighted by atomic mass is 9.74. The Bertz CT molecular complexity index is 435. The summed E-state index contributed by atoms with van der Waals surface area (Å²) in [6.45, 7) is 0.832. The van der Waals surface area contributed by atoms with Gasteiger partial charge in [0.1, 0.15) is 6.07 Å². The molecule has 1 saturated carbocycles. The van der Waals surface area contributed by atoms with Gasteiger partial charge >= 0.3 is 0 Å². The van der Waals surface area contributed by atoms with E-state index in [4.69, 9.17) is 5.26 Å². The summed E-state index contributed by atoms with van der Waals surface area (Å²) < 4.78 is 0. The van der Waals surface area contributed by atoms with Crippen LogP contribution >= 0.6 is 0 Å². The van der Waals surface area contributed by atoms with Crippen LogP contribution in [0.25, 0.3) is 0 Å². The minimum Gasteiger partial charge on any atom is -0.396 e. The van der Waals surface area contributed by atoms with Crippen LogP contribution in [-0.2, 0) is 0 Å². The van der Waals surface area contributed by atoms with Crippen LogP contribution in [0.4, 0.5) is 5.82 Å². The molecule has 0 spiro atoms. The number of aliphatic hydroxyl groups is 1. The Morgan fingerprint density at radius 3 is 2.83 bits per heavy atom. The molecule has 18 heavy (non-hydrogen) atoms. The Labute approximate surface area is 107 Å². The molecule has 1 fully saturated rings. The fraction of sp³-hybridized carbons (Fsp3) is 0.615. The second kappa shape index (κ2) is 5.78. The maximum atomic E-state index is 9.61. The predicted octanol–water partition coefficient (Wildman–Crippen LogP) is 1.70. The van der Waals surface area contributed by atoms with Crippen LogP contribution in [0.15, 0.2) is 12.3 Å². The number of nitriles is 1. The van der Waals surface area contributed by atoms with Crippen LogP contribution in [0.1, 0.15) is 37.7 Å². The van der Waals surface area contributed by atoms with Crippen molar-refractivity contribution in [3.05, 3.63) is 17.8 Å². The van der Waals surface area contributed by atoms with Crippen LogP contribution in [0.3, 0.4) is 0 Å². The normalized spacial score (nSPS) is 18.0. The van der Waals surface area contributed by atoms with Gasteiger partial charge in [0.15, 0.2) is 5.82 Å². The molecule has 0 aromatic carbocycles. The number of rotatable bonds is 4. The lowest BCUT2D eigenvalue weighted by molar-refractivity contribution is 0.0943. The summed E-state index contributed by atoms with van der Waals surface area (Å²) in [7, 11) is 0. The first-order valence-corrected chi connectivity index (χ1v) is 6.36. The average Bonchev–Trinajstić information content (AvgIpc) is 2.46. The highest BCUT2D eigenvalue weighted by Gasteiger charge is 2.31. The SMILES string of the molecule is N#Cc1ccnnc1NCC1(CO)CCCCC1. The molecule has 0 saturated heterocycles. The van der Waals surface area contributed by atoms with Crippen LogP contribution in [0.5, 0.6) is 0 Å². The molecule has 0 amide bonds. The van der Waals surface area contributed by atoms with Crippen LogP contribution in [-0.4, -0.2) is 28.5 Å². The summed E-state index contributed by atoms with van der Waals surface area (Å²) in [5, 5.41) is 29.5. The van der Waals surface area contributed by atoms with Gasteiger partial charge in [-0.25, -0.2) is 0 Å². The van der Waals surface area contributed by atoms with Crippen LogP contribution < -0.4 is 5.32 Å². The van der Waals surface area contributed by atoms with E-state index in [1.165, 1.54) is 12.6 Å². The molecule has 1 aromatic rings. The third-order valence-corrected chi connectivity index (χ3v) is 3.72. The summed E-state index contributed by atoms with van der Waals surface area (Å²) in [5.74, 6) is 0.512. The van der Waals surface area contributed by atoms with Crippen molar-refractivity contribution in [3.63, 3.8) is 0 Å². The number of nitrogens with one attached hydrogen (secondary N) is 1. The summed E-state index contributed by atoms with van der Waals surface area (Å²) in [4.78, 5) is 0. The largest absolute Gasteiger partial charge is 0.396 e.